The van der Waals surface area contributed by atoms with Gasteiger partial charge in [0.15, 0.2) is 0 Å². The van der Waals surface area contributed by atoms with Gasteiger partial charge in [-0.3, -0.25) is 0 Å². The summed E-state index contributed by atoms with van der Waals surface area (Å²) in [7, 11) is 0. The predicted octanol–water partition coefficient (Wildman–Crippen LogP) is 3.37. The SMILES string of the molecule is CCOCCOCc1ccc(-c2ccccc2CN)cc1. The van der Waals surface area contributed by atoms with Crippen LogP contribution in [0.25, 0.3) is 11.1 Å². The Kier molecular flexibility index (Phi) is 6.41. The quantitative estimate of drug-likeness (QED) is 0.756. The normalized spacial score (nSPS) is 10.8. The number of hydrogen-bond donors (Lipinski definition) is 1. The van der Waals surface area contributed by atoms with Gasteiger partial charge in [0.05, 0.1) is 19.8 Å². The van der Waals surface area contributed by atoms with Crippen molar-refractivity contribution in [2.24, 2.45) is 5.73 Å². The zero-order valence-electron chi connectivity index (χ0n) is 12.5. The molecular weight excluding hydrogens is 262 g/mol. The maximum atomic E-state index is 5.79. The second-order valence-electron chi connectivity index (χ2n) is 4.81. The Bertz CT molecular complexity index is 537. The summed E-state index contributed by atoms with van der Waals surface area (Å²) in [5, 5.41) is 0. The molecule has 0 aliphatic heterocycles. The van der Waals surface area contributed by atoms with E-state index in [4.69, 9.17) is 15.2 Å². The van der Waals surface area contributed by atoms with Crippen molar-refractivity contribution < 1.29 is 9.47 Å². The van der Waals surface area contributed by atoms with Crippen LogP contribution in [0.2, 0.25) is 0 Å². The van der Waals surface area contributed by atoms with Crippen molar-refractivity contribution in [3.05, 3.63) is 59.7 Å². The summed E-state index contributed by atoms with van der Waals surface area (Å²) in [5.41, 5.74) is 10.5. The fourth-order valence-electron chi connectivity index (χ4n) is 2.21. The van der Waals surface area contributed by atoms with Gasteiger partial charge in [-0.25, -0.2) is 0 Å². The lowest BCUT2D eigenvalue weighted by Crippen LogP contribution is -2.03. The molecule has 2 N–H and O–H groups in total. The smallest absolute Gasteiger partial charge is 0.0718 e. The number of nitrogens with two attached hydrogens (primary N) is 1. The molecule has 0 amide bonds. The highest BCUT2D eigenvalue weighted by Crippen LogP contribution is 2.23. The maximum absolute atomic E-state index is 5.79. The van der Waals surface area contributed by atoms with E-state index in [0.717, 1.165) is 6.61 Å². The Labute approximate surface area is 126 Å². The van der Waals surface area contributed by atoms with Gasteiger partial charge in [0.25, 0.3) is 0 Å². The van der Waals surface area contributed by atoms with Crippen molar-refractivity contribution in [3.63, 3.8) is 0 Å². The van der Waals surface area contributed by atoms with Gasteiger partial charge in [-0.15, -0.1) is 0 Å². The molecule has 3 heteroatoms. The first kappa shape index (κ1) is 15.7. The lowest BCUT2D eigenvalue weighted by molar-refractivity contribution is 0.0453. The molecule has 2 aromatic carbocycles. The van der Waals surface area contributed by atoms with Gasteiger partial charge >= 0.3 is 0 Å². The van der Waals surface area contributed by atoms with Crippen LogP contribution < -0.4 is 5.73 Å². The fraction of sp³-hybridized carbons (Fsp3) is 0.333. The van der Waals surface area contributed by atoms with E-state index in [1.54, 1.807) is 0 Å². The number of rotatable bonds is 8. The average molecular weight is 285 g/mol. The van der Waals surface area contributed by atoms with E-state index in [-0.39, 0.29) is 0 Å². The number of ether oxygens (including phenoxy) is 2. The minimum absolute atomic E-state index is 0.554. The van der Waals surface area contributed by atoms with Crippen LogP contribution in [-0.4, -0.2) is 19.8 Å². The van der Waals surface area contributed by atoms with E-state index >= 15 is 0 Å². The van der Waals surface area contributed by atoms with Crippen LogP contribution in [0.3, 0.4) is 0 Å². The minimum atomic E-state index is 0.554. The van der Waals surface area contributed by atoms with E-state index in [1.807, 2.05) is 19.1 Å². The van der Waals surface area contributed by atoms with Crippen LogP contribution >= 0.6 is 0 Å². The summed E-state index contributed by atoms with van der Waals surface area (Å²) in [6, 6.07) is 16.7. The van der Waals surface area contributed by atoms with Gasteiger partial charge < -0.3 is 15.2 Å². The largest absolute Gasteiger partial charge is 0.379 e. The van der Waals surface area contributed by atoms with Crippen LogP contribution in [0.15, 0.2) is 48.5 Å². The number of hydrogen-bond acceptors (Lipinski definition) is 3. The zero-order chi connectivity index (χ0) is 14.9. The van der Waals surface area contributed by atoms with Crippen molar-refractivity contribution in [2.45, 2.75) is 20.1 Å². The summed E-state index contributed by atoms with van der Waals surface area (Å²) >= 11 is 0. The summed E-state index contributed by atoms with van der Waals surface area (Å²) in [6.45, 7) is 5.17. The highest BCUT2D eigenvalue weighted by atomic mass is 16.5. The Hall–Kier alpha value is -1.68. The Morgan fingerprint density at radius 1 is 0.905 bits per heavy atom. The third-order valence-corrected chi connectivity index (χ3v) is 3.35. The van der Waals surface area contributed by atoms with Gasteiger partial charge in [-0.2, -0.15) is 0 Å². The highest BCUT2D eigenvalue weighted by molar-refractivity contribution is 5.67. The molecule has 2 aromatic rings. The lowest BCUT2D eigenvalue weighted by Gasteiger charge is -2.09. The van der Waals surface area contributed by atoms with Gasteiger partial charge in [-0.05, 0) is 29.2 Å². The molecule has 0 unspecified atom stereocenters. The Balaban J connectivity index is 1.95. The monoisotopic (exact) mass is 285 g/mol. The third kappa shape index (κ3) is 4.67. The molecule has 0 saturated carbocycles. The van der Waals surface area contributed by atoms with E-state index in [2.05, 4.69) is 36.4 Å². The summed E-state index contributed by atoms with van der Waals surface area (Å²) in [6.07, 6.45) is 0. The minimum Gasteiger partial charge on any atom is -0.379 e. The van der Waals surface area contributed by atoms with Crippen molar-refractivity contribution in [3.8, 4) is 11.1 Å². The van der Waals surface area contributed by atoms with Crippen molar-refractivity contribution in [2.75, 3.05) is 19.8 Å². The molecule has 21 heavy (non-hydrogen) atoms. The Morgan fingerprint density at radius 2 is 1.62 bits per heavy atom. The van der Waals surface area contributed by atoms with Gasteiger partial charge in [0.1, 0.15) is 0 Å². The summed E-state index contributed by atoms with van der Waals surface area (Å²) in [4.78, 5) is 0. The molecule has 0 spiro atoms. The van der Waals surface area contributed by atoms with Crippen molar-refractivity contribution in [1.82, 2.24) is 0 Å². The molecule has 0 bridgehead atoms. The molecule has 0 aliphatic rings. The maximum Gasteiger partial charge on any atom is 0.0718 e. The first-order valence-electron chi connectivity index (χ1n) is 7.38. The molecule has 2 rings (SSSR count). The average Bonchev–Trinajstić information content (AvgIpc) is 2.55. The van der Waals surface area contributed by atoms with Crippen LogP contribution in [0.4, 0.5) is 0 Å². The van der Waals surface area contributed by atoms with E-state index < -0.39 is 0 Å². The molecule has 0 atom stereocenters. The second kappa shape index (κ2) is 8.57. The van der Waals surface area contributed by atoms with Crippen LogP contribution in [-0.2, 0) is 22.6 Å². The molecule has 0 saturated heterocycles. The third-order valence-electron chi connectivity index (χ3n) is 3.35. The first-order valence-corrected chi connectivity index (χ1v) is 7.38. The highest BCUT2D eigenvalue weighted by Gasteiger charge is 2.03. The fourth-order valence-corrected chi connectivity index (χ4v) is 2.21. The topological polar surface area (TPSA) is 44.5 Å². The van der Waals surface area contributed by atoms with Gasteiger partial charge in [0, 0.05) is 13.2 Å². The van der Waals surface area contributed by atoms with Crippen LogP contribution in [0.1, 0.15) is 18.1 Å². The molecule has 0 aromatic heterocycles. The molecule has 0 aliphatic carbocycles. The van der Waals surface area contributed by atoms with Gasteiger partial charge in [0.2, 0.25) is 0 Å². The predicted molar refractivity (Wildman–Crippen MR) is 85.9 cm³/mol. The second-order valence-corrected chi connectivity index (χ2v) is 4.81. The summed E-state index contributed by atoms with van der Waals surface area (Å²) < 4.78 is 10.8. The van der Waals surface area contributed by atoms with Crippen molar-refractivity contribution >= 4 is 0 Å². The molecule has 0 heterocycles. The van der Waals surface area contributed by atoms with Crippen LogP contribution in [0, 0.1) is 0 Å². The standard InChI is InChI=1S/C18H23NO2/c1-2-20-11-12-21-14-15-7-9-16(10-8-15)18-6-4-3-5-17(18)13-19/h3-10H,2,11-14,19H2,1H3. The van der Waals surface area contributed by atoms with Crippen molar-refractivity contribution in [1.29, 1.82) is 0 Å². The lowest BCUT2D eigenvalue weighted by atomic mass is 9.99. The molecular formula is C18H23NO2. The Morgan fingerprint density at radius 3 is 2.33 bits per heavy atom. The van der Waals surface area contributed by atoms with E-state index in [0.29, 0.717) is 26.4 Å². The van der Waals surface area contributed by atoms with Crippen LogP contribution in [0.5, 0.6) is 0 Å². The van der Waals surface area contributed by atoms with E-state index in [1.165, 1.54) is 22.3 Å². The van der Waals surface area contributed by atoms with E-state index in [9.17, 15) is 0 Å². The zero-order valence-corrected chi connectivity index (χ0v) is 12.5. The molecule has 0 radical (unpaired) electrons. The molecule has 0 fully saturated rings. The van der Waals surface area contributed by atoms with Gasteiger partial charge in [-0.1, -0.05) is 48.5 Å². The first-order chi connectivity index (χ1) is 10.3. The molecule has 3 nitrogen and oxygen atoms in total. The number of benzene rings is 2. The molecule has 112 valence electrons. The summed E-state index contributed by atoms with van der Waals surface area (Å²) in [5.74, 6) is 0.